The Morgan fingerprint density at radius 3 is 2.77 bits per heavy atom. The predicted octanol–water partition coefficient (Wildman–Crippen LogP) is 2.13. The quantitative estimate of drug-likeness (QED) is 0.779. The summed E-state index contributed by atoms with van der Waals surface area (Å²) in [6, 6.07) is 1.75. The van der Waals surface area contributed by atoms with Crippen LogP contribution in [0, 0.1) is 0 Å². The van der Waals surface area contributed by atoms with Crippen LogP contribution in [-0.4, -0.2) is 17.8 Å². The third-order valence-corrected chi connectivity index (χ3v) is 2.61. The number of aliphatic hydroxyl groups is 1. The summed E-state index contributed by atoms with van der Waals surface area (Å²) in [4.78, 5) is 0. The standard InChI is InChI=1S/C10H16O3/c1-4-10(2,12-3)9(11)8-5-6-13-7-8/h5-7,9,11H,4H2,1-3H3. The smallest absolute Gasteiger partial charge is 0.111 e. The number of ether oxygens (including phenoxy) is 1. The molecule has 13 heavy (non-hydrogen) atoms. The summed E-state index contributed by atoms with van der Waals surface area (Å²) in [7, 11) is 1.60. The van der Waals surface area contributed by atoms with Crippen LogP contribution in [0.1, 0.15) is 31.9 Å². The van der Waals surface area contributed by atoms with E-state index >= 15 is 0 Å². The average molecular weight is 184 g/mol. The second-order valence-electron chi connectivity index (χ2n) is 3.33. The summed E-state index contributed by atoms with van der Waals surface area (Å²) in [5.41, 5.74) is 0.218. The van der Waals surface area contributed by atoms with Gasteiger partial charge in [-0.15, -0.1) is 0 Å². The fourth-order valence-corrected chi connectivity index (χ4v) is 1.23. The summed E-state index contributed by atoms with van der Waals surface area (Å²) >= 11 is 0. The number of aliphatic hydroxyl groups excluding tert-OH is 1. The van der Waals surface area contributed by atoms with Crippen molar-refractivity contribution < 1.29 is 14.3 Å². The highest BCUT2D eigenvalue weighted by molar-refractivity contribution is 5.13. The molecule has 2 unspecified atom stereocenters. The molecule has 0 saturated carbocycles. The maximum Gasteiger partial charge on any atom is 0.111 e. The molecule has 2 atom stereocenters. The Balaban J connectivity index is 2.82. The third-order valence-electron chi connectivity index (χ3n) is 2.61. The number of furan rings is 1. The minimum atomic E-state index is -0.638. The molecule has 3 heteroatoms. The molecule has 0 amide bonds. The van der Waals surface area contributed by atoms with Gasteiger partial charge in [-0.25, -0.2) is 0 Å². The Hall–Kier alpha value is -0.800. The molecule has 0 aliphatic carbocycles. The molecule has 1 rings (SSSR count). The molecule has 0 fully saturated rings. The Morgan fingerprint density at radius 1 is 1.69 bits per heavy atom. The monoisotopic (exact) mass is 184 g/mol. The van der Waals surface area contributed by atoms with Crippen LogP contribution in [0.2, 0.25) is 0 Å². The summed E-state index contributed by atoms with van der Waals surface area (Å²) in [6.45, 7) is 3.86. The van der Waals surface area contributed by atoms with Gasteiger partial charge in [0, 0.05) is 12.7 Å². The number of hydrogen-bond donors (Lipinski definition) is 1. The van der Waals surface area contributed by atoms with Gasteiger partial charge in [-0.3, -0.25) is 0 Å². The van der Waals surface area contributed by atoms with E-state index in [1.165, 1.54) is 6.26 Å². The first-order valence-electron chi connectivity index (χ1n) is 4.39. The SMILES string of the molecule is CCC(C)(OC)C(O)c1ccoc1. The van der Waals surface area contributed by atoms with E-state index in [4.69, 9.17) is 9.15 Å². The van der Waals surface area contributed by atoms with Crippen LogP contribution >= 0.6 is 0 Å². The van der Waals surface area contributed by atoms with Crippen LogP contribution in [0.25, 0.3) is 0 Å². The lowest BCUT2D eigenvalue weighted by Crippen LogP contribution is -2.34. The molecule has 0 saturated heterocycles. The maximum absolute atomic E-state index is 9.94. The highest BCUT2D eigenvalue weighted by Gasteiger charge is 2.32. The highest BCUT2D eigenvalue weighted by atomic mass is 16.5. The van der Waals surface area contributed by atoms with Crippen molar-refractivity contribution in [2.24, 2.45) is 0 Å². The minimum Gasteiger partial charge on any atom is -0.472 e. The molecule has 1 aromatic heterocycles. The van der Waals surface area contributed by atoms with Crippen molar-refractivity contribution in [3.63, 3.8) is 0 Å². The average Bonchev–Trinajstić information content (AvgIpc) is 2.68. The van der Waals surface area contributed by atoms with Crippen molar-refractivity contribution in [1.82, 2.24) is 0 Å². The molecule has 1 heterocycles. The second kappa shape index (κ2) is 3.94. The molecule has 1 aromatic rings. The Morgan fingerprint density at radius 2 is 2.38 bits per heavy atom. The van der Waals surface area contributed by atoms with Gasteiger partial charge in [0.05, 0.1) is 18.1 Å². The van der Waals surface area contributed by atoms with Crippen LogP contribution in [0.15, 0.2) is 23.0 Å². The fourth-order valence-electron chi connectivity index (χ4n) is 1.23. The maximum atomic E-state index is 9.94. The second-order valence-corrected chi connectivity index (χ2v) is 3.33. The molecule has 1 N–H and O–H groups in total. The first kappa shape index (κ1) is 10.3. The summed E-state index contributed by atoms with van der Waals surface area (Å²) in [5, 5.41) is 9.94. The van der Waals surface area contributed by atoms with Gasteiger partial charge < -0.3 is 14.3 Å². The van der Waals surface area contributed by atoms with Crippen LogP contribution in [0.4, 0.5) is 0 Å². The van der Waals surface area contributed by atoms with Gasteiger partial charge in [0.1, 0.15) is 6.10 Å². The molecule has 0 aliphatic rings. The number of hydrogen-bond acceptors (Lipinski definition) is 3. The van der Waals surface area contributed by atoms with Gasteiger partial charge in [0.2, 0.25) is 0 Å². The van der Waals surface area contributed by atoms with Crippen LogP contribution in [-0.2, 0) is 4.74 Å². The molecule has 74 valence electrons. The molecular formula is C10H16O3. The van der Waals surface area contributed by atoms with Gasteiger partial charge in [-0.05, 0) is 19.4 Å². The zero-order chi connectivity index (χ0) is 9.90. The number of rotatable bonds is 4. The predicted molar refractivity (Wildman–Crippen MR) is 49.4 cm³/mol. The summed E-state index contributed by atoms with van der Waals surface area (Å²) < 4.78 is 10.2. The zero-order valence-corrected chi connectivity index (χ0v) is 8.28. The Bertz CT molecular complexity index is 237. The lowest BCUT2D eigenvalue weighted by Gasteiger charge is -2.31. The largest absolute Gasteiger partial charge is 0.472 e. The van der Waals surface area contributed by atoms with Crippen molar-refractivity contribution in [2.45, 2.75) is 32.0 Å². The lowest BCUT2D eigenvalue weighted by atomic mass is 9.92. The topological polar surface area (TPSA) is 42.6 Å². The van der Waals surface area contributed by atoms with Gasteiger partial charge in [0.15, 0.2) is 0 Å². The van der Waals surface area contributed by atoms with Gasteiger partial charge in [-0.1, -0.05) is 6.92 Å². The van der Waals surface area contributed by atoms with Crippen LogP contribution in [0.5, 0.6) is 0 Å². The lowest BCUT2D eigenvalue weighted by molar-refractivity contribution is -0.0945. The van der Waals surface area contributed by atoms with E-state index in [-0.39, 0.29) is 0 Å². The van der Waals surface area contributed by atoms with E-state index in [9.17, 15) is 5.11 Å². The van der Waals surface area contributed by atoms with Crippen molar-refractivity contribution in [3.8, 4) is 0 Å². The Kier molecular flexibility index (Phi) is 3.12. The van der Waals surface area contributed by atoms with Crippen molar-refractivity contribution in [2.75, 3.05) is 7.11 Å². The first-order valence-corrected chi connectivity index (χ1v) is 4.39. The number of methoxy groups -OCH3 is 1. The van der Waals surface area contributed by atoms with E-state index in [0.717, 1.165) is 12.0 Å². The zero-order valence-electron chi connectivity index (χ0n) is 8.28. The van der Waals surface area contributed by atoms with E-state index in [1.54, 1.807) is 19.4 Å². The fraction of sp³-hybridized carbons (Fsp3) is 0.600. The van der Waals surface area contributed by atoms with E-state index < -0.39 is 11.7 Å². The minimum absolute atomic E-state index is 0.538. The van der Waals surface area contributed by atoms with E-state index in [1.807, 2.05) is 13.8 Å². The van der Waals surface area contributed by atoms with Crippen LogP contribution in [0.3, 0.4) is 0 Å². The van der Waals surface area contributed by atoms with Crippen molar-refractivity contribution >= 4 is 0 Å². The van der Waals surface area contributed by atoms with Crippen molar-refractivity contribution in [1.29, 1.82) is 0 Å². The molecule has 0 radical (unpaired) electrons. The van der Waals surface area contributed by atoms with Gasteiger partial charge in [0.25, 0.3) is 0 Å². The van der Waals surface area contributed by atoms with Crippen molar-refractivity contribution in [3.05, 3.63) is 24.2 Å². The molecule has 3 nitrogen and oxygen atoms in total. The third kappa shape index (κ3) is 1.92. The molecule has 0 aliphatic heterocycles. The van der Waals surface area contributed by atoms with Gasteiger partial charge >= 0.3 is 0 Å². The molecule has 0 spiro atoms. The molecule has 0 bridgehead atoms. The summed E-state index contributed by atoms with van der Waals surface area (Å²) in [6.07, 6.45) is 3.19. The molecular weight excluding hydrogens is 168 g/mol. The highest BCUT2D eigenvalue weighted by Crippen LogP contribution is 2.31. The Labute approximate surface area is 78.3 Å². The van der Waals surface area contributed by atoms with E-state index in [0.29, 0.717) is 0 Å². The first-order chi connectivity index (χ1) is 6.14. The summed E-state index contributed by atoms with van der Waals surface area (Å²) in [5.74, 6) is 0. The van der Waals surface area contributed by atoms with E-state index in [2.05, 4.69) is 0 Å². The van der Waals surface area contributed by atoms with Crippen LogP contribution < -0.4 is 0 Å². The normalized spacial score (nSPS) is 18.2. The van der Waals surface area contributed by atoms with Gasteiger partial charge in [-0.2, -0.15) is 0 Å². The molecule has 0 aromatic carbocycles.